The van der Waals surface area contributed by atoms with Gasteiger partial charge in [-0.3, -0.25) is 0 Å². The van der Waals surface area contributed by atoms with E-state index in [-0.39, 0.29) is 24.3 Å². The van der Waals surface area contributed by atoms with E-state index in [1.54, 1.807) is 11.8 Å². The molecule has 0 spiro atoms. The lowest BCUT2D eigenvalue weighted by Crippen LogP contribution is -2.46. The zero-order valence-electron chi connectivity index (χ0n) is 20.3. The van der Waals surface area contributed by atoms with Crippen molar-refractivity contribution < 1.29 is 28.2 Å². The number of benzene rings is 1. The van der Waals surface area contributed by atoms with Crippen LogP contribution in [0.4, 0.5) is 20.8 Å². The van der Waals surface area contributed by atoms with Gasteiger partial charge in [0.05, 0.1) is 18.7 Å². The van der Waals surface area contributed by atoms with E-state index in [1.165, 1.54) is 50.9 Å². The number of aromatic nitrogens is 2. The number of carbonyl (C=O) groups excluding carboxylic acids is 2. The Morgan fingerprint density at radius 2 is 1.77 bits per heavy atom. The Bertz CT molecular complexity index is 948. The minimum atomic E-state index is -0.569. The number of rotatable bonds is 10. The lowest BCUT2D eigenvalue weighted by atomic mass is 9.96. The van der Waals surface area contributed by atoms with Crippen molar-refractivity contribution in [2.24, 2.45) is 5.92 Å². The summed E-state index contributed by atoms with van der Waals surface area (Å²) in [7, 11) is 3.05. The van der Waals surface area contributed by atoms with Crippen molar-refractivity contribution in [3.63, 3.8) is 0 Å². The maximum absolute atomic E-state index is 13.2. The minimum Gasteiger partial charge on any atom is -0.462 e. The van der Waals surface area contributed by atoms with Gasteiger partial charge in [-0.2, -0.15) is 0 Å². The molecule has 0 atom stereocenters. The first-order valence-electron chi connectivity index (χ1n) is 11.5. The van der Waals surface area contributed by atoms with Crippen LogP contribution in [0.25, 0.3) is 0 Å². The van der Waals surface area contributed by atoms with Gasteiger partial charge in [0.15, 0.2) is 6.29 Å². The highest BCUT2D eigenvalue weighted by atomic mass is 19.1. The Labute approximate surface area is 204 Å². The highest BCUT2D eigenvalue weighted by Crippen LogP contribution is 2.22. The van der Waals surface area contributed by atoms with Crippen molar-refractivity contribution in [2.75, 3.05) is 57.2 Å². The number of hydrogen-bond acceptors (Lipinski definition) is 8. The number of nitrogens with one attached hydrogen (secondary N) is 1. The number of methoxy groups -OCH3 is 2. The predicted molar refractivity (Wildman–Crippen MR) is 128 cm³/mol. The number of anilines is 2. The third-order valence-corrected chi connectivity index (χ3v) is 5.80. The second-order valence-corrected chi connectivity index (χ2v) is 8.17. The molecule has 190 valence electrons. The molecule has 1 aromatic heterocycles. The number of urea groups is 1. The van der Waals surface area contributed by atoms with Crippen molar-refractivity contribution >= 4 is 23.6 Å². The van der Waals surface area contributed by atoms with Gasteiger partial charge in [0.1, 0.15) is 5.82 Å². The van der Waals surface area contributed by atoms with Gasteiger partial charge in [-0.1, -0.05) is 0 Å². The van der Waals surface area contributed by atoms with Crippen LogP contribution < -0.4 is 10.2 Å². The molecule has 0 bridgehead atoms. The summed E-state index contributed by atoms with van der Waals surface area (Å²) in [5.41, 5.74) is 0.824. The van der Waals surface area contributed by atoms with E-state index >= 15 is 0 Å². The third-order valence-electron chi connectivity index (χ3n) is 5.80. The van der Waals surface area contributed by atoms with Gasteiger partial charge in [0.2, 0.25) is 5.95 Å². The average Bonchev–Trinajstić information content (AvgIpc) is 2.88. The normalized spacial score (nSPS) is 14.1. The molecular weight excluding hydrogens is 457 g/mol. The number of ether oxygens (including phenoxy) is 3. The quantitative estimate of drug-likeness (QED) is 0.401. The van der Waals surface area contributed by atoms with Crippen molar-refractivity contribution in [2.45, 2.75) is 26.1 Å². The van der Waals surface area contributed by atoms with Crippen LogP contribution in [0.5, 0.6) is 0 Å². The van der Waals surface area contributed by atoms with Crippen LogP contribution >= 0.6 is 0 Å². The molecule has 0 aliphatic carbocycles. The van der Waals surface area contributed by atoms with E-state index in [1.807, 2.05) is 0 Å². The second-order valence-electron chi connectivity index (χ2n) is 8.17. The SMILES string of the molecule is CCOC(=O)c1cnc(N2CCC(CN(CC(OC)OC)C(=O)Nc3ccc(F)cc3)CC2)nc1. The standard InChI is InChI=1S/C24H32FN5O5/c1-4-35-22(31)18-13-26-23(27-14-18)29-11-9-17(10-12-29)15-30(16-21(33-2)34-3)24(32)28-20-7-5-19(25)6-8-20/h5-8,13-14,17,21H,4,9-12,15-16H2,1-3H3,(H,28,32). The van der Waals surface area contributed by atoms with Crippen molar-refractivity contribution in [1.29, 1.82) is 0 Å². The average molecular weight is 490 g/mol. The Morgan fingerprint density at radius 1 is 1.14 bits per heavy atom. The van der Waals surface area contributed by atoms with Gasteiger partial charge in [0, 0.05) is 51.9 Å². The molecule has 10 nitrogen and oxygen atoms in total. The van der Waals surface area contributed by atoms with E-state index in [0.29, 0.717) is 30.4 Å². The summed E-state index contributed by atoms with van der Waals surface area (Å²) in [5, 5.41) is 2.81. The predicted octanol–water partition coefficient (Wildman–Crippen LogP) is 3.16. The Hall–Kier alpha value is -3.31. The summed E-state index contributed by atoms with van der Waals surface area (Å²) in [4.78, 5) is 37.1. The third kappa shape index (κ3) is 7.59. The summed E-state index contributed by atoms with van der Waals surface area (Å²) < 4.78 is 28.8. The maximum Gasteiger partial charge on any atom is 0.341 e. The smallest absolute Gasteiger partial charge is 0.341 e. The molecule has 35 heavy (non-hydrogen) atoms. The molecule has 3 rings (SSSR count). The fourth-order valence-corrected chi connectivity index (χ4v) is 3.83. The molecular formula is C24H32FN5O5. The van der Waals surface area contributed by atoms with Crippen LogP contribution in [-0.2, 0) is 14.2 Å². The molecule has 0 radical (unpaired) electrons. The number of nitrogens with zero attached hydrogens (tertiary/aromatic N) is 4. The molecule has 0 saturated carbocycles. The molecule has 1 aliphatic heterocycles. The topological polar surface area (TPSA) is 106 Å². The molecule has 1 fully saturated rings. The van der Waals surface area contributed by atoms with E-state index in [0.717, 1.165) is 25.9 Å². The first-order valence-corrected chi connectivity index (χ1v) is 11.5. The number of esters is 1. The summed E-state index contributed by atoms with van der Waals surface area (Å²) in [5.74, 6) is -0.00763. The van der Waals surface area contributed by atoms with Crippen molar-refractivity contribution in [3.05, 3.63) is 48.0 Å². The Kier molecular flexibility index (Phi) is 9.74. The Balaban J connectivity index is 1.58. The molecule has 1 saturated heterocycles. The fourth-order valence-electron chi connectivity index (χ4n) is 3.83. The fraction of sp³-hybridized carbons (Fsp3) is 0.500. The largest absolute Gasteiger partial charge is 0.462 e. The van der Waals surface area contributed by atoms with Crippen LogP contribution in [0.15, 0.2) is 36.7 Å². The molecule has 1 N–H and O–H groups in total. The van der Waals surface area contributed by atoms with Crippen LogP contribution in [0.2, 0.25) is 0 Å². The highest BCUT2D eigenvalue weighted by molar-refractivity contribution is 5.89. The van der Waals surface area contributed by atoms with E-state index in [9.17, 15) is 14.0 Å². The van der Waals surface area contributed by atoms with Gasteiger partial charge in [-0.05, 0) is 49.9 Å². The lowest BCUT2D eigenvalue weighted by molar-refractivity contribution is -0.111. The number of piperidine rings is 1. The van der Waals surface area contributed by atoms with Gasteiger partial charge >= 0.3 is 12.0 Å². The maximum atomic E-state index is 13.2. The molecule has 2 amide bonds. The second kappa shape index (κ2) is 13.0. The summed E-state index contributed by atoms with van der Waals surface area (Å²) in [6, 6.07) is 5.31. The number of hydrogen-bond donors (Lipinski definition) is 1. The zero-order chi connectivity index (χ0) is 25.2. The van der Waals surface area contributed by atoms with E-state index in [4.69, 9.17) is 14.2 Å². The molecule has 1 aromatic carbocycles. The molecule has 11 heteroatoms. The van der Waals surface area contributed by atoms with Crippen LogP contribution in [0.1, 0.15) is 30.1 Å². The summed E-state index contributed by atoms with van der Waals surface area (Å²) in [6.07, 6.45) is 4.04. The Morgan fingerprint density at radius 3 is 2.34 bits per heavy atom. The first-order chi connectivity index (χ1) is 16.9. The van der Waals surface area contributed by atoms with Gasteiger partial charge in [0.25, 0.3) is 0 Å². The number of carbonyl (C=O) groups is 2. The van der Waals surface area contributed by atoms with E-state index < -0.39 is 12.3 Å². The van der Waals surface area contributed by atoms with Gasteiger partial charge < -0.3 is 29.3 Å². The monoisotopic (exact) mass is 489 g/mol. The molecule has 0 unspecified atom stereocenters. The lowest BCUT2D eigenvalue weighted by Gasteiger charge is -2.35. The summed E-state index contributed by atoms with van der Waals surface area (Å²) in [6.45, 7) is 4.23. The van der Waals surface area contributed by atoms with Gasteiger partial charge in [-0.15, -0.1) is 0 Å². The summed E-state index contributed by atoms with van der Waals surface area (Å²) >= 11 is 0. The van der Waals surface area contributed by atoms with Crippen LogP contribution in [0.3, 0.4) is 0 Å². The number of amides is 2. The minimum absolute atomic E-state index is 0.249. The van der Waals surface area contributed by atoms with Crippen LogP contribution in [0, 0.1) is 11.7 Å². The van der Waals surface area contributed by atoms with Crippen molar-refractivity contribution in [1.82, 2.24) is 14.9 Å². The zero-order valence-corrected chi connectivity index (χ0v) is 20.3. The van der Waals surface area contributed by atoms with E-state index in [2.05, 4.69) is 20.2 Å². The molecule has 2 aromatic rings. The molecule has 1 aliphatic rings. The van der Waals surface area contributed by atoms with Crippen molar-refractivity contribution in [3.8, 4) is 0 Å². The number of halogens is 1. The highest BCUT2D eigenvalue weighted by Gasteiger charge is 2.27. The van der Waals surface area contributed by atoms with Gasteiger partial charge in [-0.25, -0.2) is 23.9 Å². The first kappa shape index (κ1) is 26.3. The molecule has 2 heterocycles. The van der Waals surface area contributed by atoms with Crippen LogP contribution in [-0.4, -0.2) is 80.2 Å².